The number of ketones is 1. The van der Waals surface area contributed by atoms with E-state index in [1.54, 1.807) is 0 Å². The first-order chi connectivity index (χ1) is 15.3. The van der Waals surface area contributed by atoms with Gasteiger partial charge in [-0.1, -0.05) is 140 Å². The fraction of sp³-hybridized carbons (Fsp3) is 0.759. The van der Waals surface area contributed by atoms with Gasteiger partial charge in [0.1, 0.15) is 5.78 Å². The number of benzene rings is 1. The van der Waals surface area contributed by atoms with Gasteiger partial charge in [-0.3, -0.25) is 9.69 Å². The predicted molar refractivity (Wildman–Crippen MR) is 134 cm³/mol. The third-order valence-electron chi connectivity index (χ3n) is 6.98. The summed E-state index contributed by atoms with van der Waals surface area (Å²) in [6.07, 6.45) is 24.6. The Balaban J connectivity index is 1.38. The van der Waals surface area contributed by atoms with Crippen LogP contribution in [0.4, 0.5) is 0 Å². The maximum atomic E-state index is 12.0. The van der Waals surface area contributed by atoms with Crippen molar-refractivity contribution in [3.05, 3.63) is 35.9 Å². The first-order valence-corrected chi connectivity index (χ1v) is 13.6. The van der Waals surface area contributed by atoms with Crippen molar-refractivity contribution in [2.24, 2.45) is 0 Å². The number of carbonyl (C=O) groups is 1. The van der Waals surface area contributed by atoms with Crippen LogP contribution in [0.2, 0.25) is 0 Å². The number of likely N-dealkylation sites (tertiary alicyclic amines) is 1. The molecule has 1 aliphatic heterocycles. The van der Waals surface area contributed by atoms with Crippen LogP contribution in [-0.4, -0.2) is 23.3 Å². The van der Waals surface area contributed by atoms with Crippen molar-refractivity contribution in [3.63, 3.8) is 0 Å². The van der Waals surface area contributed by atoms with Gasteiger partial charge in [0, 0.05) is 19.0 Å². The molecule has 0 spiro atoms. The van der Waals surface area contributed by atoms with Gasteiger partial charge >= 0.3 is 0 Å². The quantitative estimate of drug-likeness (QED) is 0.206. The standard InChI is InChI=1S/C29H49NO/c1-2-3-4-5-6-7-8-9-10-11-12-13-14-15-16-20-23-28-24-29(31)26-30(28)25-27-21-18-17-19-22-27/h17-19,21-22,28H,2-16,20,23-26H2,1H3. The third-order valence-corrected chi connectivity index (χ3v) is 6.98. The number of unbranched alkanes of at least 4 members (excludes halogenated alkanes) is 15. The van der Waals surface area contributed by atoms with Gasteiger partial charge in [-0.15, -0.1) is 0 Å². The molecular formula is C29H49NO. The predicted octanol–water partition coefficient (Wildman–Crippen LogP) is 8.48. The van der Waals surface area contributed by atoms with E-state index < -0.39 is 0 Å². The summed E-state index contributed by atoms with van der Waals surface area (Å²) in [6, 6.07) is 11.1. The van der Waals surface area contributed by atoms with E-state index in [1.165, 1.54) is 115 Å². The molecule has 0 N–H and O–H groups in total. The molecule has 1 aromatic carbocycles. The minimum Gasteiger partial charge on any atom is -0.298 e. The van der Waals surface area contributed by atoms with Crippen LogP contribution < -0.4 is 0 Å². The molecule has 31 heavy (non-hydrogen) atoms. The number of rotatable bonds is 19. The Morgan fingerprint density at radius 1 is 0.710 bits per heavy atom. The molecule has 0 amide bonds. The SMILES string of the molecule is CCCCCCCCCCCCCCCCCCC1CC(=O)CN1Cc1ccccc1. The average molecular weight is 428 g/mol. The van der Waals surface area contributed by atoms with Gasteiger partial charge in [-0.25, -0.2) is 0 Å². The molecule has 1 fully saturated rings. The van der Waals surface area contributed by atoms with Crippen molar-refractivity contribution in [3.8, 4) is 0 Å². The molecule has 0 aromatic heterocycles. The highest BCUT2D eigenvalue weighted by Crippen LogP contribution is 2.23. The molecule has 1 aliphatic rings. The molecule has 2 heteroatoms. The van der Waals surface area contributed by atoms with E-state index in [2.05, 4.69) is 42.2 Å². The van der Waals surface area contributed by atoms with E-state index in [0.29, 0.717) is 18.4 Å². The van der Waals surface area contributed by atoms with Gasteiger partial charge in [0.05, 0.1) is 6.54 Å². The Kier molecular flexibility index (Phi) is 14.7. The fourth-order valence-corrected chi connectivity index (χ4v) is 5.03. The summed E-state index contributed by atoms with van der Waals surface area (Å²) in [4.78, 5) is 14.4. The molecule has 1 saturated heterocycles. The summed E-state index contributed by atoms with van der Waals surface area (Å²) in [5.41, 5.74) is 1.33. The molecule has 1 atom stereocenters. The van der Waals surface area contributed by atoms with Crippen LogP contribution in [0, 0.1) is 0 Å². The smallest absolute Gasteiger partial charge is 0.148 e. The second kappa shape index (κ2) is 17.4. The first-order valence-electron chi connectivity index (χ1n) is 13.6. The van der Waals surface area contributed by atoms with Crippen LogP contribution in [0.15, 0.2) is 30.3 Å². The van der Waals surface area contributed by atoms with Gasteiger partial charge in [0.25, 0.3) is 0 Å². The zero-order chi connectivity index (χ0) is 22.0. The summed E-state index contributed by atoms with van der Waals surface area (Å²) in [5, 5.41) is 0. The maximum Gasteiger partial charge on any atom is 0.148 e. The van der Waals surface area contributed by atoms with Gasteiger partial charge in [0.2, 0.25) is 0 Å². The van der Waals surface area contributed by atoms with E-state index in [4.69, 9.17) is 0 Å². The van der Waals surface area contributed by atoms with Crippen molar-refractivity contribution >= 4 is 5.78 Å². The zero-order valence-corrected chi connectivity index (χ0v) is 20.5. The lowest BCUT2D eigenvalue weighted by Gasteiger charge is -2.23. The molecule has 2 rings (SSSR count). The monoisotopic (exact) mass is 427 g/mol. The molecule has 0 bridgehead atoms. The number of hydrogen-bond acceptors (Lipinski definition) is 2. The zero-order valence-electron chi connectivity index (χ0n) is 20.5. The third kappa shape index (κ3) is 12.5. The van der Waals surface area contributed by atoms with Crippen LogP contribution >= 0.6 is 0 Å². The number of nitrogens with zero attached hydrogens (tertiary/aromatic N) is 1. The second-order valence-electron chi connectivity index (χ2n) is 9.88. The van der Waals surface area contributed by atoms with Gasteiger partial charge in [0.15, 0.2) is 0 Å². The maximum absolute atomic E-state index is 12.0. The Hall–Kier alpha value is -1.15. The summed E-state index contributed by atoms with van der Waals surface area (Å²) in [7, 11) is 0. The Bertz CT molecular complexity index is 555. The van der Waals surface area contributed by atoms with E-state index >= 15 is 0 Å². The lowest BCUT2D eigenvalue weighted by molar-refractivity contribution is -0.117. The molecule has 0 aliphatic carbocycles. The highest BCUT2D eigenvalue weighted by atomic mass is 16.1. The van der Waals surface area contributed by atoms with E-state index in [1.807, 2.05) is 0 Å². The summed E-state index contributed by atoms with van der Waals surface area (Å²) in [5.74, 6) is 0.428. The van der Waals surface area contributed by atoms with E-state index in [-0.39, 0.29) is 0 Å². The Labute approximate surface area is 193 Å². The van der Waals surface area contributed by atoms with Gasteiger partial charge in [-0.05, 0) is 12.0 Å². The average Bonchev–Trinajstić information content (AvgIpc) is 3.13. The summed E-state index contributed by atoms with van der Waals surface area (Å²) >= 11 is 0. The molecule has 0 saturated carbocycles. The van der Waals surface area contributed by atoms with Gasteiger partial charge < -0.3 is 0 Å². The summed E-state index contributed by atoms with van der Waals surface area (Å²) in [6.45, 7) is 3.87. The van der Waals surface area contributed by atoms with Crippen molar-refractivity contribution < 1.29 is 4.79 Å². The fourth-order valence-electron chi connectivity index (χ4n) is 5.03. The lowest BCUT2D eigenvalue weighted by Crippen LogP contribution is -2.29. The minimum absolute atomic E-state index is 0.428. The number of carbonyl (C=O) groups excluding carboxylic acids is 1. The van der Waals surface area contributed by atoms with Crippen molar-refractivity contribution in [2.75, 3.05) is 6.54 Å². The van der Waals surface area contributed by atoms with Crippen LogP contribution in [-0.2, 0) is 11.3 Å². The molecule has 2 nitrogen and oxygen atoms in total. The van der Waals surface area contributed by atoms with E-state index in [9.17, 15) is 4.79 Å². The highest BCUT2D eigenvalue weighted by molar-refractivity contribution is 5.83. The van der Waals surface area contributed by atoms with Crippen molar-refractivity contribution in [1.82, 2.24) is 4.90 Å². The second-order valence-corrected chi connectivity index (χ2v) is 9.88. The summed E-state index contributed by atoms with van der Waals surface area (Å²) < 4.78 is 0. The molecule has 1 unspecified atom stereocenters. The Morgan fingerprint density at radius 3 is 1.71 bits per heavy atom. The topological polar surface area (TPSA) is 20.3 Å². The van der Waals surface area contributed by atoms with Crippen LogP contribution in [0.3, 0.4) is 0 Å². The van der Waals surface area contributed by atoms with Crippen LogP contribution in [0.5, 0.6) is 0 Å². The normalized spacial score (nSPS) is 16.9. The lowest BCUT2D eigenvalue weighted by atomic mass is 10.0. The van der Waals surface area contributed by atoms with Crippen molar-refractivity contribution in [2.45, 2.75) is 135 Å². The highest BCUT2D eigenvalue weighted by Gasteiger charge is 2.29. The molecule has 1 heterocycles. The van der Waals surface area contributed by atoms with E-state index in [0.717, 1.165) is 13.0 Å². The molecule has 176 valence electrons. The minimum atomic E-state index is 0.428. The number of Topliss-reactive ketones (excluding diaryl/α,β-unsaturated/α-hetero) is 1. The van der Waals surface area contributed by atoms with Crippen LogP contribution in [0.1, 0.15) is 128 Å². The molecule has 1 aromatic rings. The van der Waals surface area contributed by atoms with Gasteiger partial charge in [-0.2, -0.15) is 0 Å². The first kappa shape index (κ1) is 26.1. The molecular weight excluding hydrogens is 378 g/mol. The molecule has 0 radical (unpaired) electrons. The number of hydrogen-bond donors (Lipinski definition) is 0. The largest absolute Gasteiger partial charge is 0.298 e. The van der Waals surface area contributed by atoms with Crippen molar-refractivity contribution in [1.29, 1.82) is 0 Å². The Morgan fingerprint density at radius 2 is 1.19 bits per heavy atom. The van der Waals surface area contributed by atoms with Crippen LogP contribution in [0.25, 0.3) is 0 Å².